The molecule has 2 N–H and O–H groups in total. The molecule has 2 saturated carbocycles. The van der Waals surface area contributed by atoms with Crippen molar-refractivity contribution in [3.05, 3.63) is 71.7 Å². The Kier molecular flexibility index (Phi) is 4.70. The molecule has 2 fully saturated rings. The van der Waals surface area contributed by atoms with Crippen LogP contribution in [0.25, 0.3) is 0 Å². The van der Waals surface area contributed by atoms with Crippen LogP contribution in [0.3, 0.4) is 0 Å². The third-order valence-corrected chi connectivity index (χ3v) is 6.17. The van der Waals surface area contributed by atoms with Gasteiger partial charge in [-0.1, -0.05) is 12.6 Å². The number of halogens is 3. The minimum atomic E-state index is -4.39. The first-order chi connectivity index (χ1) is 13.2. The maximum Gasteiger partial charge on any atom is 0.416 e. The molecule has 2 aromatic rings. The lowest BCUT2D eigenvalue weighted by Gasteiger charge is -2.36. The molecule has 2 bridgehead atoms. The first-order valence-electron chi connectivity index (χ1n) is 9.47. The fraction of sp³-hybridized carbons (Fsp3) is 0.409. The van der Waals surface area contributed by atoms with Crippen LogP contribution in [0.2, 0.25) is 0 Å². The summed E-state index contributed by atoms with van der Waals surface area (Å²) >= 11 is 0. The summed E-state index contributed by atoms with van der Waals surface area (Å²) in [4.78, 5) is 4.26. The number of allylic oxidation sites excluding steroid dienone is 1. The molecule has 5 atom stereocenters. The van der Waals surface area contributed by atoms with Gasteiger partial charge in [0.05, 0.1) is 11.7 Å². The van der Waals surface area contributed by atoms with E-state index in [2.05, 4.69) is 22.9 Å². The van der Waals surface area contributed by atoms with Gasteiger partial charge in [0.25, 0.3) is 0 Å². The smallest absolute Gasteiger partial charge is 0.393 e. The first kappa shape index (κ1) is 19.0. The number of nitrogens with zero attached hydrogens (tertiary/aromatic N) is 1. The number of pyridine rings is 1. The van der Waals surface area contributed by atoms with Gasteiger partial charge in [-0.2, -0.15) is 13.2 Å². The molecule has 5 unspecified atom stereocenters. The Morgan fingerprint density at radius 1 is 1.21 bits per heavy atom. The average Bonchev–Trinajstić information content (AvgIpc) is 3.18. The van der Waals surface area contributed by atoms with Gasteiger partial charge in [-0.05, 0) is 73.4 Å². The van der Waals surface area contributed by atoms with E-state index in [1.54, 1.807) is 12.3 Å². The van der Waals surface area contributed by atoms with Crippen LogP contribution in [0.5, 0.6) is 0 Å². The Labute approximate surface area is 162 Å². The molecule has 2 aliphatic carbocycles. The van der Waals surface area contributed by atoms with Gasteiger partial charge in [0.1, 0.15) is 0 Å². The van der Waals surface area contributed by atoms with Crippen LogP contribution in [0.15, 0.2) is 54.9 Å². The maximum absolute atomic E-state index is 13.0. The zero-order valence-electron chi connectivity index (χ0n) is 15.6. The molecule has 0 spiro atoms. The van der Waals surface area contributed by atoms with E-state index < -0.39 is 17.8 Å². The number of benzene rings is 1. The first-order valence-corrected chi connectivity index (χ1v) is 9.47. The Morgan fingerprint density at radius 2 is 2.00 bits per heavy atom. The SMILES string of the molecule is C=C(Nc1cccc(C(F)(F)F)c1)C1C2CC(CC2O)C1c1ccnc(C)c1. The fourth-order valence-corrected chi connectivity index (χ4v) is 5.10. The third-order valence-electron chi connectivity index (χ3n) is 6.17. The minimum absolute atomic E-state index is 0.0370. The van der Waals surface area contributed by atoms with Crippen LogP contribution in [0.4, 0.5) is 18.9 Å². The van der Waals surface area contributed by atoms with E-state index in [-0.39, 0.29) is 17.8 Å². The molecule has 1 aromatic heterocycles. The number of hydrogen-bond donors (Lipinski definition) is 2. The van der Waals surface area contributed by atoms with E-state index in [9.17, 15) is 18.3 Å². The summed E-state index contributed by atoms with van der Waals surface area (Å²) < 4.78 is 39.0. The number of fused-ring (bicyclic) bond motifs is 2. The van der Waals surface area contributed by atoms with Crippen molar-refractivity contribution in [3.63, 3.8) is 0 Å². The largest absolute Gasteiger partial charge is 0.416 e. The topological polar surface area (TPSA) is 45.1 Å². The van der Waals surface area contributed by atoms with E-state index in [0.717, 1.165) is 36.2 Å². The van der Waals surface area contributed by atoms with E-state index in [1.807, 2.05) is 13.0 Å². The summed E-state index contributed by atoms with van der Waals surface area (Å²) in [7, 11) is 0. The van der Waals surface area contributed by atoms with Gasteiger partial charge < -0.3 is 10.4 Å². The van der Waals surface area contributed by atoms with Crippen LogP contribution >= 0.6 is 0 Å². The van der Waals surface area contributed by atoms with Gasteiger partial charge in [0.15, 0.2) is 0 Å². The van der Waals surface area contributed by atoms with Crippen LogP contribution in [0, 0.1) is 24.7 Å². The molecule has 2 aliphatic rings. The maximum atomic E-state index is 13.0. The lowest BCUT2D eigenvalue weighted by Crippen LogP contribution is -2.33. The molecule has 28 heavy (non-hydrogen) atoms. The van der Waals surface area contributed by atoms with Crippen LogP contribution < -0.4 is 5.32 Å². The molecule has 1 heterocycles. The Balaban J connectivity index is 1.61. The van der Waals surface area contributed by atoms with Crippen molar-refractivity contribution >= 4 is 5.69 Å². The number of hydrogen-bond acceptors (Lipinski definition) is 3. The minimum Gasteiger partial charge on any atom is -0.393 e. The van der Waals surface area contributed by atoms with E-state index in [0.29, 0.717) is 17.3 Å². The third kappa shape index (κ3) is 3.41. The molecule has 0 radical (unpaired) electrons. The number of alkyl halides is 3. The van der Waals surface area contributed by atoms with Crippen LogP contribution in [-0.2, 0) is 6.18 Å². The summed E-state index contributed by atoms with van der Waals surface area (Å²) in [5.41, 5.74) is 2.41. The molecule has 0 aliphatic heterocycles. The van der Waals surface area contributed by atoms with Crippen molar-refractivity contribution in [2.75, 3.05) is 5.32 Å². The number of aliphatic hydroxyl groups excluding tert-OH is 1. The van der Waals surface area contributed by atoms with E-state index in [4.69, 9.17) is 0 Å². The standard InChI is InChI=1S/C22H23F3N2O/c1-12-8-14(6-7-26-12)21-15-9-18(19(28)10-15)20(21)13(2)27-17-5-3-4-16(11-17)22(23,24)25/h3-8,11,15,18-21,27-28H,2,9-10H2,1H3. The number of aromatic nitrogens is 1. The van der Waals surface area contributed by atoms with Crippen molar-refractivity contribution in [2.45, 2.75) is 38.0 Å². The Morgan fingerprint density at radius 3 is 2.71 bits per heavy atom. The lowest BCUT2D eigenvalue weighted by molar-refractivity contribution is -0.137. The predicted molar refractivity (Wildman–Crippen MR) is 102 cm³/mol. The number of aryl methyl sites for hydroxylation is 1. The van der Waals surface area contributed by atoms with Crippen molar-refractivity contribution in [1.82, 2.24) is 4.98 Å². The van der Waals surface area contributed by atoms with Gasteiger partial charge in [-0.15, -0.1) is 0 Å². The molecule has 6 heteroatoms. The van der Waals surface area contributed by atoms with Gasteiger partial charge in [0.2, 0.25) is 0 Å². The molecule has 3 nitrogen and oxygen atoms in total. The molecular weight excluding hydrogens is 365 g/mol. The highest BCUT2D eigenvalue weighted by molar-refractivity contribution is 5.51. The highest BCUT2D eigenvalue weighted by Crippen LogP contribution is 2.58. The summed E-state index contributed by atoms with van der Waals surface area (Å²) in [5.74, 6) is 0.548. The van der Waals surface area contributed by atoms with Crippen molar-refractivity contribution < 1.29 is 18.3 Å². The number of anilines is 1. The van der Waals surface area contributed by atoms with Crippen LogP contribution in [-0.4, -0.2) is 16.2 Å². The van der Waals surface area contributed by atoms with Gasteiger partial charge >= 0.3 is 6.18 Å². The second-order valence-electron chi connectivity index (χ2n) is 7.97. The molecule has 148 valence electrons. The molecule has 0 amide bonds. The molecule has 1 aromatic carbocycles. The highest BCUT2D eigenvalue weighted by Gasteiger charge is 2.53. The number of nitrogens with one attached hydrogen (secondary N) is 1. The molecule has 0 saturated heterocycles. The van der Waals surface area contributed by atoms with Gasteiger partial charge in [-0.25, -0.2) is 0 Å². The lowest BCUT2D eigenvalue weighted by atomic mass is 9.73. The van der Waals surface area contributed by atoms with Crippen LogP contribution in [0.1, 0.15) is 35.6 Å². The number of rotatable bonds is 4. The fourth-order valence-electron chi connectivity index (χ4n) is 5.10. The summed E-state index contributed by atoms with van der Waals surface area (Å²) in [5, 5.41) is 13.5. The Hall–Kier alpha value is -2.34. The summed E-state index contributed by atoms with van der Waals surface area (Å²) in [6.07, 6.45) is -1.34. The van der Waals surface area contributed by atoms with Crippen molar-refractivity contribution in [1.29, 1.82) is 0 Å². The van der Waals surface area contributed by atoms with Crippen molar-refractivity contribution in [2.24, 2.45) is 17.8 Å². The second-order valence-corrected chi connectivity index (χ2v) is 7.97. The predicted octanol–water partition coefficient (Wildman–Crippen LogP) is 5.14. The van der Waals surface area contributed by atoms with Gasteiger partial charge in [0, 0.05) is 29.2 Å². The molecular formula is C22H23F3N2O. The van der Waals surface area contributed by atoms with E-state index >= 15 is 0 Å². The zero-order valence-corrected chi connectivity index (χ0v) is 15.6. The molecule has 4 rings (SSSR count). The van der Waals surface area contributed by atoms with Gasteiger partial charge in [-0.3, -0.25) is 4.98 Å². The quantitative estimate of drug-likeness (QED) is 0.763. The number of aliphatic hydroxyl groups is 1. The highest BCUT2D eigenvalue weighted by atomic mass is 19.4. The van der Waals surface area contributed by atoms with E-state index in [1.165, 1.54) is 6.07 Å². The normalized spacial score (nSPS) is 29.1. The summed E-state index contributed by atoms with van der Waals surface area (Å²) in [6.45, 7) is 6.10. The average molecular weight is 388 g/mol. The second kappa shape index (κ2) is 6.92. The monoisotopic (exact) mass is 388 g/mol. The zero-order chi connectivity index (χ0) is 20.1. The van der Waals surface area contributed by atoms with Crippen molar-refractivity contribution in [3.8, 4) is 0 Å². The Bertz CT molecular complexity index is 895. The summed E-state index contributed by atoms with van der Waals surface area (Å²) in [6, 6.07) is 9.20.